The molecule has 1 aromatic heterocycles. The van der Waals surface area contributed by atoms with Crippen molar-refractivity contribution < 1.29 is 4.79 Å². The summed E-state index contributed by atoms with van der Waals surface area (Å²) in [4.78, 5) is 11.9. The van der Waals surface area contributed by atoms with E-state index in [1.165, 1.54) is 0 Å². The van der Waals surface area contributed by atoms with Gasteiger partial charge >= 0.3 is 0 Å². The number of carbonyl (C=O) groups excluding carboxylic acids is 1. The summed E-state index contributed by atoms with van der Waals surface area (Å²) in [6, 6.07) is 2.07. The Hall–Kier alpha value is -1.07. The Bertz CT molecular complexity index is 423. The van der Waals surface area contributed by atoms with Crippen LogP contribution in [0, 0.1) is 6.92 Å². The minimum atomic E-state index is -0.122. The molecule has 1 heterocycles. The van der Waals surface area contributed by atoms with Crippen LogP contribution in [-0.2, 0) is 5.54 Å². The second-order valence-electron chi connectivity index (χ2n) is 5.65. The Morgan fingerprint density at radius 3 is 2.47 bits per heavy atom. The number of aromatic nitrogens is 2. The van der Waals surface area contributed by atoms with Gasteiger partial charge < -0.3 is 10.6 Å². The third-order valence-electron chi connectivity index (χ3n) is 2.82. The lowest BCUT2D eigenvalue weighted by atomic mass is 10.1. The molecule has 1 aromatic rings. The van der Waals surface area contributed by atoms with E-state index in [9.17, 15) is 4.79 Å². The van der Waals surface area contributed by atoms with Gasteiger partial charge in [-0.15, -0.1) is 12.4 Å². The molecule has 1 rings (SSSR count). The molecule has 5 nitrogen and oxygen atoms in total. The number of likely N-dealkylation sites (N-methyl/N-ethyl adjacent to an activating group) is 1. The van der Waals surface area contributed by atoms with Gasteiger partial charge in [0, 0.05) is 18.3 Å². The summed E-state index contributed by atoms with van der Waals surface area (Å²) in [5, 5.41) is 10.3. The number of hydrogen-bond donors (Lipinski definition) is 2. The van der Waals surface area contributed by atoms with Crippen molar-refractivity contribution in [3.63, 3.8) is 0 Å². The van der Waals surface area contributed by atoms with Gasteiger partial charge in [0.15, 0.2) is 0 Å². The van der Waals surface area contributed by atoms with Gasteiger partial charge in [0.05, 0.1) is 5.54 Å². The molecule has 0 aliphatic rings. The molecule has 0 spiro atoms. The number of nitrogens with one attached hydrogen (secondary N) is 2. The fourth-order valence-electron chi connectivity index (χ4n) is 1.70. The van der Waals surface area contributed by atoms with Crippen LogP contribution in [0.4, 0.5) is 0 Å². The summed E-state index contributed by atoms with van der Waals surface area (Å²) >= 11 is 0. The SMILES string of the molecule is CNC(C)CNC(=O)c1cc(C)n(C(C)(C)C)n1.Cl. The average Bonchev–Trinajstić information content (AvgIpc) is 2.67. The van der Waals surface area contributed by atoms with E-state index in [0.717, 1.165) is 5.69 Å². The lowest BCUT2D eigenvalue weighted by Gasteiger charge is -2.21. The topological polar surface area (TPSA) is 58.9 Å². The standard InChI is InChI=1S/C13H24N4O.ClH/c1-9(14-6)8-15-12(18)11-7-10(2)17(16-11)13(3,4)5;/h7,9,14H,8H2,1-6H3,(H,15,18);1H. The van der Waals surface area contributed by atoms with Gasteiger partial charge in [-0.25, -0.2) is 0 Å². The molecule has 0 aromatic carbocycles. The van der Waals surface area contributed by atoms with Crippen LogP contribution in [0.15, 0.2) is 6.07 Å². The highest BCUT2D eigenvalue weighted by molar-refractivity contribution is 5.92. The van der Waals surface area contributed by atoms with Crippen LogP contribution in [0.1, 0.15) is 43.9 Å². The number of aryl methyl sites for hydroxylation is 1. The van der Waals surface area contributed by atoms with Gasteiger partial charge in [0.25, 0.3) is 5.91 Å². The molecule has 19 heavy (non-hydrogen) atoms. The molecule has 0 saturated carbocycles. The zero-order valence-electron chi connectivity index (χ0n) is 12.6. The third-order valence-corrected chi connectivity index (χ3v) is 2.82. The van der Waals surface area contributed by atoms with Gasteiger partial charge in [-0.1, -0.05) is 0 Å². The van der Waals surface area contributed by atoms with E-state index in [2.05, 4.69) is 36.5 Å². The van der Waals surface area contributed by atoms with Gasteiger partial charge in [0.1, 0.15) is 5.69 Å². The lowest BCUT2D eigenvalue weighted by Crippen LogP contribution is -2.37. The largest absolute Gasteiger partial charge is 0.349 e. The number of carbonyl (C=O) groups is 1. The lowest BCUT2D eigenvalue weighted by molar-refractivity contribution is 0.0944. The number of hydrogen-bond acceptors (Lipinski definition) is 3. The summed E-state index contributed by atoms with van der Waals surface area (Å²) in [5.41, 5.74) is 1.36. The second-order valence-corrected chi connectivity index (χ2v) is 5.65. The van der Waals surface area contributed by atoms with E-state index >= 15 is 0 Å². The van der Waals surface area contributed by atoms with E-state index in [1.807, 2.05) is 31.6 Å². The number of amides is 1. The summed E-state index contributed by atoms with van der Waals surface area (Å²) in [6.45, 7) is 10.8. The monoisotopic (exact) mass is 288 g/mol. The number of nitrogens with zero attached hydrogens (tertiary/aromatic N) is 2. The van der Waals surface area contributed by atoms with Crippen molar-refractivity contribution in [1.29, 1.82) is 0 Å². The first kappa shape index (κ1) is 17.9. The molecule has 0 aliphatic heterocycles. The molecule has 1 atom stereocenters. The van der Waals surface area contributed by atoms with Crippen LogP contribution in [-0.4, -0.2) is 35.3 Å². The molecule has 1 amide bonds. The average molecular weight is 289 g/mol. The minimum Gasteiger partial charge on any atom is -0.349 e. The molecule has 110 valence electrons. The molecule has 0 radical (unpaired) electrons. The number of rotatable bonds is 4. The van der Waals surface area contributed by atoms with Gasteiger partial charge in [-0.3, -0.25) is 9.48 Å². The van der Waals surface area contributed by atoms with E-state index in [1.54, 1.807) is 0 Å². The first-order valence-electron chi connectivity index (χ1n) is 6.28. The summed E-state index contributed by atoms with van der Waals surface area (Å²) in [7, 11) is 1.87. The first-order chi connectivity index (χ1) is 8.25. The van der Waals surface area contributed by atoms with Crippen molar-refractivity contribution in [2.24, 2.45) is 0 Å². The van der Waals surface area contributed by atoms with Crippen LogP contribution in [0.5, 0.6) is 0 Å². The maximum absolute atomic E-state index is 11.9. The Kier molecular flexibility index (Phi) is 6.52. The van der Waals surface area contributed by atoms with Crippen LogP contribution in [0.25, 0.3) is 0 Å². The fourth-order valence-corrected chi connectivity index (χ4v) is 1.70. The summed E-state index contributed by atoms with van der Waals surface area (Å²) in [5.74, 6) is -0.122. The Morgan fingerprint density at radius 1 is 1.47 bits per heavy atom. The molecule has 0 fully saturated rings. The number of halogens is 1. The Labute approximate surface area is 121 Å². The van der Waals surface area contributed by atoms with E-state index in [0.29, 0.717) is 12.2 Å². The predicted octanol–water partition coefficient (Wildman–Crippen LogP) is 1.71. The summed E-state index contributed by atoms with van der Waals surface area (Å²) < 4.78 is 1.88. The second kappa shape index (κ2) is 6.91. The zero-order valence-corrected chi connectivity index (χ0v) is 13.4. The quantitative estimate of drug-likeness (QED) is 0.887. The minimum absolute atomic E-state index is 0. The molecule has 0 aliphatic carbocycles. The maximum atomic E-state index is 11.9. The highest BCUT2D eigenvalue weighted by atomic mass is 35.5. The van der Waals surface area contributed by atoms with Crippen molar-refractivity contribution in [2.45, 2.75) is 46.2 Å². The molecule has 2 N–H and O–H groups in total. The highest BCUT2D eigenvalue weighted by Crippen LogP contribution is 2.16. The van der Waals surface area contributed by atoms with E-state index < -0.39 is 0 Å². The molecular weight excluding hydrogens is 264 g/mol. The van der Waals surface area contributed by atoms with Crippen molar-refractivity contribution in [3.05, 3.63) is 17.5 Å². The smallest absolute Gasteiger partial charge is 0.271 e. The van der Waals surface area contributed by atoms with Crippen molar-refractivity contribution in [1.82, 2.24) is 20.4 Å². The zero-order chi connectivity index (χ0) is 13.9. The van der Waals surface area contributed by atoms with Gasteiger partial charge in [0.2, 0.25) is 0 Å². The van der Waals surface area contributed by atoms with Crippen molar-refractivity contribution in [2.75, 3.05) is 13.6 Å². The van der Waals surface area contributed by atoms with Crippen molar-refractivity contribution in [3.8, 4) is 0 Å². The molecule has 0 saturated heterocycles. The first-order valence-corrected chi connectivity index (χ1v) is 6.28. The van der Waals surface area contributed by atoms with Crippen LogP contribution < -0.4 is 10.6 Å². The van der Waals surface area contributed by atoms with Crippen LogP contribution >= 0.6 is 12.4 Å². The molecule has 6 heteroatoms. The third kappa shape index (κ3) is 4.84. The van der Waals surface area contributed by atoms with Crippen LogP contribution in [0.3, 0.4) is 0 Å². The highest BCUT2D eigenvalue weighted by Gasteiger charge is 2.20. The Morgan fingerprint density at radius 2 is 2.05 bits per heavy atom. The Balaban J connectivity index is 0.00000324. The maximum Gasteiger partial charge on any atom is 0.271 e. The molecule has 0 bridgehead atoms. The van der Waals surface area contributed by atoms with Crippen molar-refractivity contribution >= 4 is 18.3 Å². The fraction of sp³-hybridized carbons (Fsp3) is 0.692. The predicted molar refractivity (Wildman–Crippen MR) is 80.1 cm³/mol. The molecule has 1 unspecified atom stereocenters. The van der Waals surface area contributed by atoms with E-state index in [4.69, 9.17) is 0 Å². The molecular formula is C13H25ClN4O. The normalized spacial score (nSPS) is 12.7. The van der Waals surface area contributed by atoms with Crippen LogP contribution in [0.2, 0.25) is 0 Å². The van der Waals surface area contributed by atoms with E-state index in [-0.39, 0.29) is 29.9 Å². The van der Waals surface area contributed by atoms with Gasteiger partial charge in [-0.2, -0.15) is 5.10 Å². The summed E-state index contributed by atoms with van der Waals surface area (Å²) in [6.07, 6.45) is 0. The van der Waals surface area contributed by atoms with Gasteiger partial charge in [-0.05, 0) is 47.7 Å².